The zero-order chi connectivity index (χ0) is 35.9. The predicted molar refractivity (Wildman–Crippen MR) is 173 cm³/mol. The molecule has 6 N–H and O–H groups in total. The highest BCUT2D eigenvalue weighted by molar-refractivity contribution is 6.31. The van der Waals surface area contributed by atoms with Crippen molar-refractivity contribution in [3.8, 4) is 17.2 Å². The van der Waals surface area contributed by atoms with Gasteiger partial charge in [-0.2, -0.15) is 0 Å². The summed E-state index contributed by atoms with van der Waals surface area (Å²) in [5.74, 6) is -3.98. The van der Waals surface area contributed by atoms with Crippen molar-refractivity contribution < 1.29 is 63.7 Å². The Balaban J connectivity index is 1.33. The van der Waals surface area contributed by atoms with Crippen LogP contribution in [-0.4, -0.2) is 98.9 Å². The second-order valence-electron chi connectivity index (χ2n) is 13.3. The molecule has 50 heavy (non-hydrogen) atoms. The number of carbonyl (C=O) groups excluding carboxylic acids is 4. The van der Waals surface area contributed by atoms with Crippen LogP contribution < -0.4 is 10.1 Å². The van der Waals surface area contributed by atoms with Crippen LogP contribution in [0.25, 0.3) is 0 Å². The average molecular weight is 696 g/mol. The lowest BCUT2D eigenvalue weighted by Crippen LogP contribution is -2.56. The summed E-state index contributed by atoms with van der Waals surface area (Å²) in [5, 5.41) is 58.1. The van der Waals surface area contributed by atoms with Crippen LogP contribution in [0.1, 0.15) is 101 Å². The minimum atomic E-state index is -2.32. The molecule has 1 aliphatic heterocycles. The molecule has 2 unspecified atom stereocenters. The number of ketones is 3. The highest BCUT2D eigenvalue weighted by Gasteiger charge is 2.50. The van der Waals surface area contributed by atoms with Crippen molar-refractivity contribution in [2.75, 3.05) is 13.7 Å². The minimum Gasteiger partial charge on any atom is -0.507 e. The number of hydrogen-bond donors (Lipinski definition) is 6. The van der Waals surface area contributed by atoms with Crippen LogP contribution in [0.4, 0.5) is 4.79 Å². The van der Waals surface area contributed by atoms with Crippen LogP contribution in [0.3, 0.4) is 0 Å². The van der Waals surface area contributed by atoms with Gasteiger partial charge in [-0.1, -0.05) is 24.6 Å². The fourth-order valence-corrected chi connectivity index (χ4v) is 7.41. The van der Waals surface area contributed by atoms with Crippen molar-refractivity contribution in [1.29, 1.82) is 0 Å². The number of allylic oxidation sites excluding steroid dienone is 1. The Labute approximate surface area is 287 Å². The number of aromatic hydroxyl groups is 2. The maximum Gasteiger partial charge on any atom is 0.408 e. The monoisotopic (exact) mass is 695 g/mol. The molecule has 0 saturated carbocycles. The van der Waals surface area contributed by atoms with Gasteiger partial charge in [0.2, 0.25) is 5.78 Å². The summed E-state index contributed by atoms with van der Waals surface area (Å²) >= 11 is 0. The van der Waals surface area contributed by atoms with E-state index in [2.05, 4.69) is 5.32 Å². The molecule has 1 fully saturated rings. The van der Waals surface area contributed by atoms with Gasteiger partial charge >= 0.3 is 6.09 Å². The lowest BCUT2D eigenvalue weighted by atomic mass is 9.72. The molecule has 14 nitrogen and oxygen atoms in total. The third-order valence-electron chi connectivity index (χ3n) is 10.0. The third kappa shape index (κ3) is 6.37. The first-order valence-corrected chi connectivity index (χ1v) is 16.7. The molecule has 2 aromatic rings. The molecule has 7 atom stereocenters. The van der Waals surface area contributed by atoms with Gasteiger partial charge in [-0.15, -0.1) is 0 Å². The molecule has 2 aromatic carbocycles. The van der Waals surface area contributed by atoms with E-state index in [1.807, 2.05) is 12.2 Å². The van der Waals surface area contributed by atoms with Crippen LogP contribution in [0.15, 0.2) is 30.4 Å². The van der Waals surface area contributed by atoms with Crippen molar-refractivity contribution in [2.24, 2.45) is 0 Å². The highest BCUT2D eigenvalue weighted by Crippen LogP contribution is 2.52. The number of methoxy groups -OCH3 is 1. The lowest BCUT2D eigenvalue weighted by molar-refractivity contribution is -0.249. The first-order chi connectivity index (χ1) is 23.9. The first kappa shape index (κ1) is 35.5. The van der Waals surface area contributed by atoms with Gasteiger partial charge in [0.15, 0.2) is 17.9 Å². The fraction of sp³-hybridized carbons (Fsp3) is 0.500. The predicted octanol–water partition coefficient (Wildman–Crippen LogP) is 2.66. The molecular formula is C36H41NO13. The number of phenols is 2. The molecule has 0 bridgehead atoms. The zero-order valence-electron chi connectivity index (χ0n) is 27.7. The number of aliphatic hydroxyl groups is 3. The van der Waals surface area contributed by atoms with Gasteiger partial charge in [-0.3, -0.25) is 14.4 Å². The Morgan fingerprint density at radius 2 is 1.82 bits per heavy atom. The van der Waals surface area contributed by atoms with Crippen LogP contribution in [0.2, 0.25) is 0 Å². The molecule has 0 aromatic heterocycles. The molecule has 4 aliphatic rings. The van der Waals surface area contributed by atoms with E-state index in [1.54, 1.807) is 6.92 Å². The zero-order valence-corrected chi connectivity index (χ0v) is 27.7. The number of hydrogen-bond acceptors (Lipinski definition) is 13. The van der Waals surface area contributed by atoms with Gasteiger partial charge in [0.05, 0.1) is 42.0 Å². The summed E-state index contributed by atoms with van der Waals surface area (Å²) in [6.45, 7) is 0.487. The number of ether oxygens (including phenoxy) is 4. The number of alkyl carbamates (subject to hydrolysis) is 1. The van der Waals surface area contributed by atoms with Crippen molar-refractivity contribution >= 4 is 23.4 Å². The second kappa shape index (κ2) is 14.1. The summed E-state index contributed by atoms with van der Waals surface area (Å²) in [6, 6.07) is 3.41. The third-order valence-corrected chi connectivity index (χ3v) is 10.0. The van der Waals surface area contributed by atoms with E-state index in [-0.39, 0.29) is 34.4 Å². The van der Waals surface area contributed by atoms with E-state index >= 15 is 0 Å². The number of phenolic OH excluding ortho intramolecular Hbond substituents is 2. The Hall–Kier alpha value is -4.34. The smallest absolute Gasteiger partial charge is 0.408 e. The van der Waals surface area contributed by atoms with E-state index in [0.29, 0.717) is 6.42 Å². The van der Waals surface area contributed by atoms with E-state index in [0.717, 1.165) is 25.7 Å². The molecule has 1 amide bonds. The van der Waals surface area contributed by atoms with Crippen LogP contribution >= 0.6 is 0 Å². The molecule has 0 radical (unpaired) electrons. The van der Waals surface area contributed by atoms with Crippen molar-refractivity contribution in [3.05, 3.63) is 63.7 Å². The van der Waals surface area contributed by atoms with Gasteiger partial charge in [-0.05, 0) is 44.7 Å². The number of carbonyl (C=O) groups is 4. The molecule has 6 rings (SSSR count). The number of rotatable bonds is 7. The molecule has 268 valence electrons. The number of fused-ring (bicyclic) bond motifs is 3. The number of benzene rings is 2. The van der Waals surface area contributed by atoms with Gasteiger partial charge in [0, 0.05) is 36.0 Å². The number of amides is 1. The van der Waals surface area contributed by atoms with Crippen LogP contribution in [0.5, 0.6) is 17.2 Å². The van der Waals surface area contributed by atoms with Gasteiger partial charge in [0.25, 0.3) is 0 Å². The normalized spacial score (nSPS) is 29.8. The van der Waals surface area contributed by atoms with E-state index in [1.165, 1.54) is 25.3 Å². The standard InChI is InChI=1S/C36H41NO13/c1-17-30(40)21(37-35(45)49-18-9-6-4-3-5-7-10-18)13-25(48-17)50-23-15-36(46,24(39)16-38)14-20-27(23)34(44)29-28(32(20)42)31(41)19-11-8-12-22(47-2)26(19)33(29)43/h6,8-9,11-12,17-18,21,23,25,30,38,40,42,44,46H,3-5,7,10,13-16H2,1-2H3,(H,37,45)/b9-6+/t17?,18-,21+,23-,25-,30?,36-/m0/s1. The van der Waals surface area contributed by atoms with Crippen molar-refractivity contribution in [2.45, 2.75) is 101 Å². The summed E-state index contributed by atoms with van der Waals surface area (Å²) in [5.41, 5.74) is -3.93. The van der Waals surface area contributed by atoms with Gasteiger partial charge < -0.3 is 49.8 Å². The van der Waals surface area contributed by atoms with Crippen LogP contribution in [0, 0.1) is 0 Å². The van der Waals surface area contributed by atoms with Gasteiger partial charge in [0.1, 0.15) is 41.7 Å². The first-order valence-electron chi connectivity index (χ1n) is 16.7. The minimum absolute atomic E-state index is 0.0737. The van der Waals surface area contributed by atoms with E-state index in [4.69, 9.17) is 18.9 Å². The Morgan fingerprint density at radius 3 is 2.56 bits per heavy atom. The topological polar surface area (TPSA) is 218 Å². The van der Waals surface area contributed by atoms with Crippen molar-refractivity contribution in [1.82, 2.24) is 5.32 Å². The van der Waals surface area contributed by atoms with E-state index < -0.39 is 108 Å². The second-order valence-corrected chi connectivity index (χ2v) is 13.3. The molecular weight excluding hydrogens is 654 g/mol. The summed E-state index contributed by atoms with van der Waals surface area (Å²) in [7, 11) is 1.31. The summed E-state index contributed by atoms with van der Waals surface area (Å²) in [4.78, 5) is 53.4. The molecule has 3 aliphatic carbocycles. The highest BCUT2D eigenvalue weighted by atomic mass is 16.7. The quantitative estimate of drug-likeness (QED) is 0.155. The number of Topliss-reactive ketones (excluding diaryl/α,β-unsaturated/α-hetero) is 1. The average Bonchev–Trinajstić information content (AvgIpc) is 3.07. The molecule has 1 saturated heterocycles. The Kier molecular flexibility index (Phi) is 10.0. The Bertz CT molecular complexity index is 1740. The number of nitrogens with one attached hydrogen (secondary N) is 1. The maximum absolute atomic E-state index is 13.9. The Morgan fingerprint density at radius 1 is 1.06 bits per heavy atom. The molecule has 0 spiro atoms. The summed E-state index contributed by atoms with van der Waals surface area (Å²) in [6.07, 6.45) is 1.13. The van der Waals surface area contributed by atoms with Crippen LogP contribution in [-0.2, 0) is 25.4 Å². The molecule has 1 heterocycles. The SMILES string of the molecule is COc1cccc2c1C(=O)c1c(O)c3c(c(O)c1C2=O)C[C@@](O)(C(=O)CO)C[C@@H]3O[C@H]1C[C@@H](NC(=O)O[C@H]2/C=C/CCCCC2)C(O)C(C)O1. The van der Waals surface area contributed by atoms with E-state index in [9.17, 15) is 44.7 Å². The van der Waals surface area contributed by atoms with Crippen molar-refractivity contribution in [3.63, 3.8) is 0 Å². The lowest BCUT2D eigenvalue weighted by Gasteiger charge is -2.42. The van der Waals surface area contributed by atoms with Gasteiger partial charge in [-0.25, -0.2) is 4.79 Å². The summed E-state index contributed by atoms with van der Waals surface area (Å²) < 4.78 is 23.0. The largest absolute Gasteiger partial charge is 0.507 e. The number of aliphatic hydroxyl groups excluding tert-OH is 2. The fourth-order valence-electron chi connectivity index (χ4n) is 7.41. The maximum atomic E-state index is 13.9. The molecule has 14 heteroatoms.